The molecule has 0 saturated heterocycles. The van der Waals surface area contributed by atoms with Crippen LogP contribution < -0.4 is 4.74 Å². The Labute approximate surface area is 155 Å². The molecule has 0 bridgehead atoms. The largest absolute Gasteiger partial charge is 0.433 e. The van der Waals surface area contributed by atoms with Crippen LogP contribution in [-0.2, 0) is 21.3 Å². The third kappa shape index (κ3) is 5.34. The van der Waals surface area contributed by atoms with E-state index in [0.717, 1.165) is 12.1 Å². The first kappa shape index (κ1) is 20.5. The number of halogens is 3. The fraction of sp³-hybridized carbons (Fsp3) is 0.312. The Morgan fingerprint density at radius 1 is 1.31 bits per heavy atom. The average Bonchev–Trinajstić information content (AvgIpc) is 2.60. The molecule has 10 heteroatoms. The second kappa shape index (κ2) is 9.22. The highest BCUT2D eigenvalue weighted by Crippen LogP contribution is 2.30. The molecule has 0 fully saturated rings. The molecular formula is C16H17ClF2N2O4S. The SMILES string of the molecule is COCCN(Cc1cccnc1)S(=O)(=O)c1ccc(OC(F)F)c(Cl)c1. The standard InChI is InChI=1S/C16H17ClF2N2O4S/c1-24-8-7-21(11-12-3-2-6-20-10-12)26(22,23)13-4-5-15(14(17)9-13)25-16(18)19/h2-6,9-10,16H,7-8,11H2,1H3. The van der Waals surface area contributed by atoms with E-state index in [-0.39, 0.29) is 35.4 Å². The van der Waals surface area contributed by atoms with Gasteiger partial charge < -0.3 is 9.47 Å². The van der Waals surface area contributed by atoms with Gasteiger partial charge in [0.15, 0.2) is 0 Å². The van der Waals surface area contributed by atoms with Gasteiger partial charge in [-0.15, -0.1) is 0 Å². The van der Waals surface area contributed by atoms with Gasteiger partial charge in [0, 0.05) is 32.6 Å². The van der Waals surface area contributed by atoms with Crippen LogP contribution in [0.25, 0.3) is 0 Å². The second-order valence-electron chi connectivity index (χ2n) is 5.16. The second-order valence-corrected chi connectivity index (χ2v) is 7.51. The van der Waals surface area contributed by atoms with Gasteiger partial charge in [-0.1, -0.05) is 17.7 Å². The molecule has 1 aromatic carbocycles. The maximum atomic E-state index is 12.9. The number of pyridine rings is 1. The number of ether oxygens (including phenoxy) is 2. The van der Waals surface area contributed by atoms with Crippen molar-refractivity contribution >= 4 is 21.6 Å². The first-order valence-corrected chi connectivity index (χ1v) is 9.28. The van der Waals surface area contributed by atoms with Gasteiger partial charge in [0.25, 0.3) is 0 Å². The molecule has 0 atom stereocenters. The molecule has 0 unspecified atom stereocenters. The van der Waals surface area contributed by atoms with E-state index in [1.807, 2.05) is 0 Å². The summed E-state index contributed by atoms with van der Waals surface area (Å²) in [5, 5.41) is -0.223. The van der Waals surface area contributed by atoms with Gasteiger partial charge in [-0.05, 0) is 29.8 Å². The maximum Gasteiger partial charge on any atom is 0.387 e. The minimum absolute atomic E-state index is 0.0758. The van der Waals surface area contributed by atoms with E-state index in [1.54, 1.807) is 24.5 Å². The monoisotopic (exact) mass is 406 g/mol. The Hall–Kier alpha value is -1.81. The number of nitrogens with zero attached hydrogens (tertiary/aromatic N) is 2. The van der Waals surface area contributed by atoms with E-state index in [2.05, 4.69) is 9.72 Å². The molecular weight excluding hydrogens is 390 g/mol. The van der Waals surface area contributed by atoms with Gasteiger partial charge >= 0.3 is 6.61 Å². The van der Waals surface area contributed by atoms with E-state index >= 15 is 0 Å². The van der Waals surface area contributed by atoms with Crippen molar-refractivity contribution in [2.75, 3.05) is 20.3 Å². The Morgan fingerprint density at radius 3 is 2.65 bits per heavy atom. The molecule has 142 valence electrons. The minimum Gasteiger partial charge on any atom is -0.433 e. The van der Waals surface area contributed by atoms with Crippen molar-refractivity contribution in [2.24, 2.45) is 0 Å². The lowest BCUT2D eigenvalue weighted by Crippen LogP contribution is -2.33. The van der Waals surface area contributed by atoms with Gasteiger partial charge in [0.1, 0.15) is 5.75 Å². The third-order valence-electron chi connectivity index (χ3n) is 3.38. The topological polar surface area (TPSA) is 68.7 Å². The van der Waals surface area contributed by atoms with Gasteiger partial charge in [-0.3, -0.25) is 4.98 Å². The normalized spacial score (nSPS) is 11.9. The summed E-state index contributed by atoms with van der Waals surface area (Å²) in [5.74, 6) is -0.295. The molecule has 0 spiro atoms. The van der Waals surface area contributed by atoms with Crippen LogP contribution in [0, 0.1) is 0 Å². The number of hydrogen-bond donors (Lipinski definition) is 0. The van der Waals surface area contributed by atoms with Crippen LogP contribution in [0.1, 0.15) is 5.56 Å². The summed E-state index contributed by atoms with van der Waals surface area (Å²) in [7, 11) is -2.48. The van der Waals surface area contributed by atoms with Gasteiger partial charge in [0.05, 0.1) is 16.5 Å². The number of alkyl halides is 2. The lowest BCUT2D eigenvalue weighted by Gasteiger charge is -2.22. The molecule has 0 N–H and O–H groups in total. The summed E-state index contributed by atoms with van der Waals surface area (Å²) >= 11 is 5.87. The fourth-order valence-corrected chi connectivity index (χ4v) is 3.88. The highest BCUT2D eigenvalue weighted by atomic mass is 35.5. The number of methoxy groups -OCH3 is 1. The number of hydrogen-bond acceptors (Lipinski definition) is 5. The zero-order valence-electron chi connectivity index (χ0n) is 13.8. The molecule has 2 aromatic rings. The molecule has 0 aliphatic heterocycles. The smallest absolute Gasteiger partial charge is 0.387 e. The maximum absolute atomic E-state index is 12.9. The molecule has 6 nitrogen and oxygen atoms in total. The number of sulfonamides is 1. The Balaban J connectivity index is 2.31. The van der Waals surface area contributed by atoms with E-state index in [1.165, 1.54) is 17.5 Å². The van der Waals surface area contributed by atoms with E-state index < -0.39 is 16.6 Å². The van der Waals surface area contributed by atoms with Gasteiger partial charge in [-0.25, -0.2) is 8.42 Å². The first-order valence-electron chi connectivity index (χ1n) is 7.47. The van der Waals surface area contributed by atoms with Crippen molar-refractivity contribution in [2.45, 2.75) is 18.1 Å². The number of aromatic nitrogens is 1. The van der Waals surface area contributed by atoms with Crippen LogP contribution in [-0.4, -0.2) is 44.6 Å². The van der Waals surface area contributed by atoms with Crippen LogP contribution in [0.4, 0.5) is 8.78 Å². The van der Waals surface area contributed by atoms with Crippen molar-refractivity contribution < 1.29 is 26.7 Å². The van der Waals surface area contributed by atoms with Crippen molar-refractivity contribution in [1.82, 2.24) is 9.29 Å². The molecule has 0 amide bonds. The first-order chi connectivity index (χ1) is 12.3. The van der Waals surface area contributed by atoms with E-state index in [9.17, 15) is 17.2 Å². The molecule has 2 rings (SSSR count). The molecule has 0 aliphatic carbocycles. The predicted octanol–water partition coefficient (Wildman–Crippen LogP) is 3.17. The Morgan fingerprint density at radius 2 is 2.08 bits per heavy atom. The molecule has 26 heavy (non-hydrogen) atoms. The summed E-state index contributed by atoms with van der Waals surface area (Å²) < 4.78 is 60.9. The lowest BCUT2D eigenvalue weighted by molar-refractivity contribution is -0.0498. The minimum atomic E-state index is -3.94. The van der Waals surface area contributed by atoms with Crippen LogP contribution >= 0.6 is 11.6 Å². The van der Waals surface area contributed by atoms with Crippen LogP contribution in [0.2, 0.25) is 5.02 Å². The predicted molar refractivity (Wildman–Crippen MR) is 91.8 cm³/mol. The summed E-state index contributed by atoms with van der Waals surface area (Å²) in [6.07, 6.45) is 3.14. The third-order valence-corrected chi connectivity index (χ3v) is 5.52. The van der Waals surface area contributed by atoms with E-state index in [4.69, 9.17) is 16.3 Å². The van der Waals surface area contributed by atoms with Gasteiger partial charge in [0.2, 0.25) is 10.0 Å². The van der Waals surface area contributed by atoms with Crippen LogP contribution in [0.15, 0.2) is 47.6 Å². The summed E-state index contributed by atoms with van der Waals surface area (Å²) in [4.78, 5) is 3.83. The Bertz CT molecular complexity index is 822. The van der Waals surface area contributed by atoms with Crippen molar-refractivity contribution in [3.05, 3.63) is 53.3 Å². The lowest BCUT2D eigenvalue weighted by atomic mass is 10.3. The molecule has 0 radical (unpaired) electrons. The van der Waals surface area contributed by atoms with E-state index in [0.29, 0.717) is 5.56 Å². The number of benzene rings is 1. The zero-order valence-corrected chi connectivity index (χ0v) is 15.4. The van der Waals surface area contributed by atoms with Crippen molar-refractivity contribution in [3.8, 4) is 5.75 Å². The number of rotatable bonds is 9. The van der Waals surface area contributed by atoms with Crippen LogP contribution in [0.3, 0.4) is 0 Å². The average molecular weight is 407 g/mol. The summed E-state index contributed by atoms with van der Waals surface area (Å²) in [6.45, 7) is -2.70. The summed E-state index contributed by atoms with van der Waals surface area (Å²) in [6, 6.07) is 6.79. The zero-order chi connectivity index (χ0) is 19.2. The highest BCUT2D eigenvalue weighted by Gasteiger charge is 2.26. The van der Waals surface area contributed by atoms with Crippen LogP contribution in [0.5, 0.6) is 5.75 Å². The van der Waals surface area contributed by atoms with Gasteiger partial charge in [-0.2, -0.15) is 13.1 Å². The quantitative estimate of drug-likeness (QED) is 0.639. The Kier molecular flexibility index (Phi) is 7.27. The molecule has 0 aliphatic rings. The molecule has 1 aromatic heterocycles. The molecule has 1 heterocycles. The molecule has 0 saturated carbocycles. The summed E-state index contributed by atoms with van der Waals surface area (Å²) in [5.41, 5.74) is 0.691. The fourth-order valence-electron chi connectivity index (χ4n) is 2.16. The van der Waals surface area contributed by atoms with Crippen molar-refractivity contribution in [1.29, 1.82) is 0 Å². The van der Waals surface area contributed by atoms with Crippen molar-refractivity contribution in [3.63, 3.8) is 0 Å². The highest BCUT2D eigenvalue weighted by molar-refractivity contribution is 7.89.